The molecule has 0 spiro atoms. The molecule has 1 aliphatic rings. The number of alkyl halides is 3. The second kappa shape index (κ2) is 7.51. The van der Waals surface area contributed by atoms with Crippen LogP contribution in [-0.4, -0.2) is 26.6 Å². The molecule has 9 heteroatoms. The highest BCUT2D eigenvalue weighted by Gasteiger charge is 2.38. The molecule has 5 rings (SSSR count). The Kier molecular flexibility index (Phi) is 4.76. The molecular formula is C23H21F3N5O+. The Hall–Kier alpha value is -3.62. The van der Waals surface area contributed by atoms with E-state index in [-0.39, 0.29) is 5.56 Å². The van der Waals surface area contributed by atoms with Crippen molar-refractivity contribution in [3.63, 3.8) is 0 Å². The maximum atomic E-state index is 13.6. The molecule has 4 aromatic rings. The number of fused-ring (bicyclic) bond motifs is 1. The summed E-state index contributed by atoms with van der Waals surface area (Å²) in [6.45, 7) is 2.55. The molecule has 4 heterocycles. The lowest BCUT2D eigenvalue weighted by molar-refractivity contribution is -0.595. The van der Waals surface area contributed by atoms with Gasteiger partial charge in [0.1, 0.15) is 23.4 Å². The molecule has 1 N–H and O–H groups in total. The molecule has 0 radical (unpaired) electrons. The summed E-state index contributed by atoms with van der Waals surface area (Å²) in [6, 6.07) is 9.46. The molecule has 1 aliphatic heterocycles. The van der Waals surface area contributed by atoms with Gasteiger partial charge in [-0.15, -0.1) is 0 Å². The van der Waals surface area contributed by atoms with E-state index >= 15 is 0 Å². The highest BCUT2D eigenvalue weighted by atomic mass is 19.4. The van der Waals surface area contributed by atoms with Crippen LogP contribution < -0.4 is 9.30 Å². The summed E-state index contributed by atoms with van der Waals surface area (Å²) in [6.07, 6.45) is 1.75. The SMILES string of the molecule is COc1nc(-c2cn3c(n2)C(c2ccccc2C(F)(F)F)CC3)ccc1-[n+]1c[nH]c(C)c1. The van der Waals surface area contributed by atoms with Gasteiger partial charge in [0.25, 0.3) is 5.88 Å². The van der Waals surface area contributed by atoms with Crippen LogP contribution in [0.2, 0.25) is 0 Å². The quantitative estimate of drug-likeness (QED) is 0.478. The monoisotopic (exact) mass is 440 g/mol. The first kappa shape index (κ1) is 20.3. The van der Waals surface area contributed by atoms with Gasteiger partial charge in [0, 0.05) is 25.6 Å². The third kappa shape index (κ3) is 3.43. The van der Waals surface area contributed by atoms with Crippen LogP contribution in [0.1, 0.15) is 35.0 Å². The molecule has 6 nitrogen and oxygen atoms in total. The fraction of sp³-hybridized carbons (Fsp3) is 0.261. The Bertz CT molecular complexity index is 1290. The Morgan fingerprint density at radius 3 is 2.66 bits per heavy atom. The van der Waals surface area contributed by atoms with Crippen molar-refractivity contribution in [2.45, 2.75) is 32.0 Å². The number of nitrogens with zero attached hydrogens (tertiary/aromatic N) is 4. The van der Waals surface area contributed by atoms with E-state index in [1.165, 1.54) is 6.07 Å². The number of H-pyrrole nitrogens is 1. The smallest absolute Gasteiger partial charge is 0.416 e. The molecule has 1 atom stereocenters. The lowest BCUT2D eigenvalue weighted by atomic mass is 9.92. The average molecular weight is 440 g/mol. The number of hydrogen-bond donors (Lipinski definition) is 1. The number of methoxy groups -OCH3 is 1. The summed E-state index contributed by atoms with van der Waals surface area (Å²) >= 11 is 0. The fourth-order valence-electron chi connectivity index (χ4n) is 4.28. The highest BCUT2D eigenvalue weighted by Crippen LogP contribution is 2.41. The van der Waals surface area contributed by atoms with E-state index in [0.717, 1.165) is 17.4 Å². The van der Waals surface area contributed by atoms with E-state index in [4.69, 9.17) is 4.74 Å². The van der Waals surface area contributed by atoms with E-state index in [9.17, 15) is 13.2 Å². The van der Waals surface area contributed by atoms with Gasteiger partial charge in [0.15, 0.2) is 5.69 Å². The summed E-state index contributed by atoms with van der Waals surface area (Å²) in [4.78, 5) is 12.4. The largest absolute Gasteiger partial charge is 0.478 e. The van der Waals surface area contributed by atoms with Crippen molar-refractivity contribution in [1.29, 1.82) is 0 Å². The number of imidazole rings is 2. The van der Waals surface area contributed by atoms with Gasteiger partial charge >= 0.3 is 6.18 Å². The van der Waals surface area contributed by atoms with Crippen molar-refractivity contribution < 1.29 is 22.5 Å². The second-order valence-corrected chi connectivity index (χ2v) is 7.82. The Morgan fingerprint density at radius 1 is 1.12 bits per heavy atom. The predicted molar refractivity (Wildman–Crippen MR) is 111 cm³/mol. The second-order valence-electron chi connectivity index (χ2n) is 7.82. The standard InChI is InChI=1S/C23H20F3N5O/c1-14-11-31(13-27-14)20-8-7-18(29-22(20)32-2)19-12-30-10-9-16(21(30)28-19)15-5-3-4-6-17(15)23(24,25)26/h3-8,11-13,16H,9-10H2,1-2H3/p+1. The van der Waals surface area contributed by atoms with Crippen molar-refractivity contribution in [2.24, 2.45) is 0 Å². The molecule has 0 saturated heterocycles. The van der Waals surface area contributed by atoms with E-state index in [0.29, 0.717) is 36.1 Å². The van der Waals surface area contributed by atoms with Crippen molar-refractivity contribution in [2.75, 3.05) is 7.11 Å². The van der Waals surface area contributed by atoms with Crippen LogP contribution in [-0.2, 0) is 12.7 Å². The van der Waals surface area contributed by atoms with Gasteiger partial charge < -0.3 is 9.30 Å². The minimum absolute atomic E-state index is 0.260. The molecule has 32 heavy (non-hydrogen) atoms. The fourth-order valence-corrected chi connectivity index (χ4v) is 4.28. The first-order valence-electron chi connectivity index (χ1n) is 10.2. The third-order valence-corrected chi connectivity index (χ3v) is 5.76. The normalized spacial score (nSPS) is 15.7. The summed E-state index contributed by atoms with van der Waals surface area (Å²) in [5, 5.41) is 0. The Balaban J connectivity index is 1.52. The lowest BCUT2D eigenvalue weighted by Crippen LogP contribution is -2.28. The lowest BCUT2D eigenvalue weighted by Gasteiger charge is -2.16. The van der Waals surface area contributed by atoms with Gasteiger partial charge in [-0.3, -0.25) is 0 Å². The maximum absolute atomic E-state index is 13.6. The van der Waals surface area contributed by atoms with Crippen LogP contribution in [0.25, 0.3) is 17.1 Å². The van der Waals surface area contributed by atoms with Gasteiger partial charge in [0.05, 0.1) is 18.4 Å². The van der Waals surface area contributed by atoms with Gasteiger partial charge in [-0.2, -0.15) is 17.7 Å². The number of nitrogens with one attached hydrogen (secondary N) is 1. The topological polar surface area (TPSA) is 59.6 Å². The van der Waals surface area contributed by atoms with Gasteiger partial charge in [-0.05, 0) is 30.2 Å². The van der Waals surface area contributed by atoms with Gasteiger partial charge in [0.2, 0.25) is 6.33 Å². The molecule has 1 aromatic carbocycles. The van der Waals surface area contributed by atoms with E-state index in [1.54, 1.807) is 19.2 Å². The Labute approximate surface area is 182 Å². The first-order valence-corrected chi connectivity index (χ1v) is 10.2. The molecule has 0 amide bonds. The molecule has 0 fully saturated rings. The zero-order valence-electron chi connectivity index (χ0n) is 17.5. The number of ether oxygens (including phenoxy) is 1. The summed E-state index contributed by atoms with van der Waals surface area (Å²) in [5.74, 6) is 0.636. The van der Waals surface area contributed by atoms with Crippen LogP contribution in [0.4, 0.5) is 13.2 Å². The van der Waals surface area contributed by atoms with Crippen molar-refractivity contribution >= 4 is 0 Å². The maximum Gasteiger partial charge on any atom is 0.416 e. The van der Waals surface area contributed by atoms with E-state index in [2.05, 4.69) is 15.0 Å². The minimum Gasteiger partial charge on any atom is -0.478 e. The van der Waals surface area contributed by atoms with E-state index < -0.39 is 17.7 Å². The predicted octanol–water partition coefficient (Wildman–Crippen LogP) is 4.42. The first-order chi connectivity index (χ1) is 15.3. The summed E-state index contributed by atoms with van der Waals surface area (Å²) in [5.41, 5.74) is 2.62. The molecule has 0 saturated carbocycles. The van der Waals surface area contributed by atoms with Crippen LogP contribution in [0.3, 0.4) is 0 Å². The zero-order chi connectivity index (χ0) is 22.5. The van der Waals surface area contributed by atoms with E-state index in [1.807, 2.05) is 46.9 Å². The number of benzene rings is 1. The molecule has 164 valence electrons. The summed E-state index contributed by atoms with van der Waals surface area (Å²) in [7, 11) is 1.55. The number of hydrogen-bond acceptors (Lipinski definition) is 3. The Morgan fingerprint density at radius 2 is 1.94 bits per heavy atom. The number of pyridine rings is 1. The van der Waals surface area contributed by atoms with Crippen LogP contribution in [0, 0.1) is 6.92 Å². The third-order valence-electron chi connectivity index (χ3n) is 5.76. The number of halogens is 3. The highest BCUT2D eigenvalue weighted by molar-refractivity contribution is 5.57. The summed E-state index contributed by atoms with van der Waals surface area (Å²) < 4.78 is 49.9. The minimum atomic E-state index is -4.40. The molecule has 0 aliphatic carbocycles. The van der Waals surface area contributed by atoms with Gasteiger partial charge in [-0.25, -0.2) is 15.0 Å². The van der Waals surface area contributed by atoms with Crippen LogP contribution in [0.5, 0.6) is 5.88 Å². The number of aromatic amines is 1. The molecular weight excluding hydrogens is 419 g/mol. The zero-order valence-corrected chi connectivity index (χ0v) is 17.5. The molecule has 3 aromatic heterocycles. The number of rotatable bonds is 4. The number of aromatic nitrogens is 5. The van der Waals surface area contributed by atoms with Crippen molar-refractivity contribution in [3.8, 4) is 23.0 Å². The van der Waals surface area contributed by atoms with Crippen LogP contribution >= 0.6 is 0 Å². The molecule has 0 bridgehead atoms. The van der Waals surface area contributed by atoms with Gasteiger partial charge in [-0.1, -0.05) is 18.2 Å². The van der Waals surface area contributed by atoms with Crippen LogP contribution in [0.15, 0.2) is 55.1 Å². The van der Waals surface area contributed by atoms with Crippen molar-refractivity contribution in [3.05, 3.63) is 77.8 Å². The molecule has 1 unspecified atom stereocenters. The average Bonchev–Trinajstić information content (AvgIpc) is 3.48. The van der Waals surface area contributed by atoms with Crippen molar-refractivity contribution in [1.82, 2.24) is 19.5 Å². The number of aryl methyl sites for hydroxylation is 2.